The highest BCUT2D eigenvalue weighted by atomic mass is 35.5. The number of carbonyl (C=O) groups is 4. The van der Waals surface area contributed by atoms with Crippen molar-refractivity contribution < 1.29 is 73.2 Å². The molecule has 0 aliphatic carbocycles. The lowest BCUT2D eigenvalue weighted by Crippen LogP contribution is -2.58. The molecule has 4 aromatic heterocycles. The van der Waals surface area contributed by atoms with Crippen LogP contribution in [-0.4, -0.2) is 261 Å². The Labute approximate surface area is 863 Å². The number of ether oxygens (including phenoxy) is 4. The van der Waals surface area contributed by atoms with Crippen molar-refractivity contribution in [1.82, 2.24) is 57.8 Å². The van der Waals surface area contributed by atoms with Crippen molar-refractivity contribution in [3.63, 3.8) is 0 Å². The summed E-state index contributed by atoms with van der Waals surface area (Å²) in [6, 6.07) is 21.1. The van der Waals surface area contributed by atoms with E-state index in [-0.39, 0.29) is 100.0 Å². The third-order valence-corrected chi connectivity index (χ3v) is 33.0. The lowest BCUT2D eigenvalue weighted by molar-refractivity contribution is -0.131. The van der Waals surface area contributed by atoms with Crippen molar-refractivity contribution in [3.05, 3.63) is 258 Å². The van der Waals surface area contributed by atoms with E-state index in [0.29, 0.717) is 206 Å². The fourth-order valence-electron chi connectivity index (χ4n) is 20.6. The van der Waals surface area contributed by atoms with E-state index in [1.54, 1.807) is 72.4 Å². The molecule has 0 spiro atoms. The number of hydrogen-bond acceptors (Lipinski definition) is 24. The van der Waals surface area contributed by atoms with E-state index in [1.165, 1.54) is 120 Å². The Bertz CT molecular complexity index is 7390. The molecule has 7 atom stereocenters. The molecule has 770 valence electrons. The van der Waals surface area contributed by atoms with Gasteiger partial charge in [0.15, 0.2) is 0 Å². The average molecular weight is 2110 g/mol. The van der Waals surface area contributed by atoms with Gasteiger partial charge in [-0.05, 0) is 155 Å². The number of aromatic nitrogens is 8. The maximum Gasteiger partial charge on any atom is 0.350 e. The number of amides is 4. The minimum absolute atomic E-state index is 0.125. The Hall–Kier alpha value is -12.7. The largest absolute Gasteiger partial charge is 0.379 e. The molecular weight excluding hydrogens is 2000 g/mol. The maximum absolute atomic E-state index is 15.1. The van der Waals surface area contributed by atoms with E-state index in [4.69, 9.17) is 30.5 Å². The van der Waals surface area contributed by atoms with Crippen molar-refractivity contribution in [1.29, 1.82) is 0 Å². The van der Waals surface area contributed by atoms with Crippen molar-refractivity contribution in [2.24, 2.45) is 0 Å². The summed E-state index contributed by atoms with van der Waals surface area (Å²) in [5.74, 6) is -1.63. The second kappa shape index (κ2) is 44.4. The quantitative estimate of drug-likeness (QED) is 0.0642. The van der Waals surface area contributed by atoms with Gasteiger partial charge in [-0.1, -0.05) is 37.9 Å². The second-order valence-corrected chi connectivity index (χ2v) is 41.5. The zero-order valence-electron chi connectivity index (χ0n) is 82.4. The molecule has 20 rings (SSSR count). The fourth-order valence-corrected chi connectivity index (χ4v) is 26.4. The molecule has 8 aliphatic rings. The summed E-state index contributed by atoms with van der Waals surface area (Å²) in [7, 11) is 6.37. The summed E-state index contributed by atoms with van der Waals surface area (Å²) in [4.78, 5) is 138. The van der Waals surface area contributed by atoms with E-state index in [0.717, 1.165) is 71.8 Å². The Morgan fingerprint density at radius 3 is 0.925 bits per heavy atom. The SMILES string of the molecule is C=CC(=O)N1CCN(c2nc(=O)n3c4c(c(-c5ccc(F)cc5F)c(C)cc24)SC[C@@H](OC)C3)CC1.C=CC(=O)N1CCN(c2nc(=O)n3c4c(c(-c5ccc(F)cc5F)c(C)cc24)SC[C@H](OC)C3)CC1.C=CC(=O)N1CCN(c2nc(=O)n3c4c(c(-c5ccc(F)cc5F)c(Cl)cc24)SC[C@H](OC)C3)[C@@H](C)C1.C=CC(=O)N1[C@H](C)CN(c2nc(=O)n3c4c(c(-c5ccc(F)cc5F)c(C)cc24)SC[C@@H](OC)C3)C[C@@H]1C. The molecule has 0 N–H and O–H groups in total. The number of aryl methyl sites for hydroxylation is 3. The maximum atomic E-state index is 15.1. The number of nitrogens with zero attached hydrogens (tertiary/aromatic N) is 16. The van der Waals surface area contributed by atoms with Crippen molar-refractivity contribution >= 4 is 149 Å². The number of piperazine rings is 4. The molecule has 0 unspecified atom stereocenters. The van der Waals surface area contributed by atoms with E-state index in [2.05, 4.69) is 46.3 Å². The van der Waals surface area contributed by atoms with Gasteiger partial charge >= 0.3 is 22.8 Å². The van der Waals surface area contributed by atoms with Gasteiger partial charge in [0.05, 0.1) is 77.7 Å². The molecule has 12 aromatic rings. The van der Waals surface area contributed by atoms with Crippen molar-refractivity contribution in [2.75, 3.05) is 156 Å². The van der Waals surface area contributed by atoms with Gasteiger partial charge in [-0.3, -0.25) is 37.4 Å². The third kappa shape index (κ3) is 20.8. The minimum atomic E-state index is -0.745. The summed E-state index contributed by atoms with van der Waals surface area (Å²) >= 11 is 12.7. The molecule has 147 heavy (non-hydrogen) atoms. The van der Waals surface area contributed by atoms with Gasteiger partial charge in [0.25, 0.3) is 0 Å². The smallest absolute Gasteiger partial charge is 0.350 e. The Kier molecular flexibility index (Phi) is 31.9. The summed E-state index contributed by atoms with van der Waals surface area (Å²) in [5, 5.41) is 3.24. The van der Waals surface area contributed by atoms with Gasteiger partial charge in [-0.25, -0.2) is 54.3 Å². The molecule has 28 nitrogen and oxygen atoms in total. The fraction of sp³-hybridized carbons (Fsp3) is 0.358. The molecule has 12 heterocycles. The first-order valence-electron chi connectivity index (χ1n) is 47.7. The molecule has 4 fully saturated rings. The molecule has 0 bridgehead atoms. The molecule has 8 aliphatic heterocycles. The van der Waals surface area contributed by atoms with E-state index in [9.17, 15) is 69.1 Å². The van der Waals surface area contributed by atoms with Crippen LogP contribution in [0.3, 0.4) is 0 Å². The van der Waals surface area contributed by atoms with Crippen LogP contribution >= 0.6 is 58.6 Å². The van der Waals surface area contributed by atoms with Gasteiger partial charge in [-0.15, -0.1) is 47.0 Å². The molecule has 0 radical (unpaired) electrons. The number of rotatable bonds is 16. The number of halogens is 9. The summed E-state index contributed by atoms with van der Waals surface area (Å²) in [6.07, 6.45) is 4.19. The van der Waals surface area contributed by atoms with Gasteiger partial charge in [0.1, 0.15) is 69.8 Å². The second-order valence-electron chi connectivity index (χ2n) is 36.9. The van der Waals surface area contributed by atoms with Gasteiger partial charge in [0.2, 0.25) is 23.6 Å². The van der Waals surface area contributed by atoms with E-state index >= 15 is 4.39 Å². The lowest BCUT2D eigenvalue weighted by atomic mass is 9.97. The highest BCUT2D eigenvalue weighted by molar-refractivity contribution is 8.00. The van der Waals surface area contributed by atoms with Crippen LogP contribution in [0.2, 0.25) is 5.02 Å². The molecule has 4 saturated heterocycles. The standard InChI is InChI=1S/C28H30F2N4O3S.C26H25ClF2N4O3S.2C26H26F2N4O3S/c1-6-23(35)34-16(3)11-32(12-17(34)4)27-21-9-15(2)24(20-8-7-18(29)10-22(20)30)26-25(21)33(28(36)31-27)13-19(37-5)14-38-26;1-4-21(34)31-7-8-32(14(2)11-31)25-18-10-19(27)22(17-6-5-15(28)9-20(17)29)24-23(18)33(26(35)30-25)12-16(36-3)13-37-24;2*1-4-21(33)30-7-9-31(10-8-30)25-19-11-15(2)22(18-6-5-16(27)12-20(18)28)24-23(19)32(26(34)29-25)13-17(35-3)14-36-24/h6-10,16-17,19H,1,11-14H2,2-5H3;4-6,9-10,14,16H,1,7-8,11-13H2,2-3H3;2*4-6,11-12,17H,1,7-10,13-14H2,2-3H3/t16-,17+,19-;14-,16+;2*17-/m0010/s1. The highest BCUT2D eigenvalue weighted by Gasteiger charge is 2.40. The van der Waals surface area contributed by atoms with Crippen LogP contribution in [-0.2, 0) is 64.3 Å². The zero-order chi connectivity index (χ0) is 105. The van der Waals surface area contributed by atoms with Crippen molar-refractivity contribution in [3.8, 4) is 44.5 Å². The molecule has 0 saturated carbocycles. The first-order valence-corrected chi connectivity index (χ1v) is 52.0. The van der Waals surface area contributed by atoms with Crippen LogP contribution in [0.25, 0.3) is 88.1 Å². The number of carbonyl (C=O) groups excluding carboxylic acids is 4. The molecule has 8 aromatic carbocycles. The predicted molar refractivity (Wildman–Crippen MR) is 560 cm³/mol. The summed E-state index contributed by atoms with van der Waals surface area (Å²) in [5.41, 5.74) is 6.53. The van der Waals surface area contributed by atoms with Crippen LogP contribution in [0.4, 0.5) is 58.4 Å². The number of methoxy groups -OCH3 is 4. The third-order valence-electron chi connectivity index (χ3n) is 27.8. The van der Waals surface area contributed by atoms with Crippen LogP contribution < -0.4 is 42.4 Å². The van der Waals surface area contributed by atoms with Crippen LogP contribution in [0.5, 0.6) is 0 Å². The average Bonchev–Trinajstić information content (AvgIpc) is 1.71. The van der Waals surface area contributed by atoms with Gasteiger partial charge in [0, 0.05) is 265 Å². The normalized spacial score (nSPS) is 19.2. The monoisotopic (exact) mass is 2110 g/mol. The predicted octanol–water partition coefficient (Wildman–Crippen LogP) is 15.9. The van der Waals surface area contributed by atoms with Gasteiger partial charge in [-0.2, -0.15) is 19.9 Å². The number of anilines is 4. The summed E-state index contributed by atoms with van der Waals surface area (Å²) in [6.45, 7) is 33.4. The lowest BCUT2D eigenvalue weighted by Gasteiger charge is -2.44. The molecular formula is C106H107ClF8N16O12S4. The Morgan fingerprint density at radius 1 is 0.347 bits per heavy atom. The van der Waals surface area contributed by atoms with Crippen LogP contribution in [0.15, 0.2) is 186 Å². The Morgan fingerprint density at radius 2 is 0.626 bits per heavy atom. The number of hydrogen-bond donors (Lipinski definition) is 0. The van der Waals surface area contributed by atoms with E-state index < -0.39 is 69.3 Å². The first-order chi connectivity index (χ1) is 70.5. The minimum Gasteiger partial charge on any atom is -0.379 e. The Balaban J connectivity index is 0.000000134. The number of thioether (sulfide) groups is 4. The van der Waals surface area contributed by atoms with Crippen LogP contribution in [0.1, 0.15) is 37.5 Å². The molecule has 4 amide bonds. The number of benzene rings is 8. The zero-order valence-corrected chi connectivity index (χ0v) is 86.4. The molecule has 41 heteroatoms. The van der Waals surface area contributed by atoms with E-state index in [1.807, 2.05) is 79.3 Å². The first kappa shape index (κ1) is 106. The van der Waals surface area contributed by atoms with Crippen LogP contribution in [0, 0.1) is 67.3 Å². The summed E-state index contributed by atoms with van der Waals surface area (Å²) < 4.78 is 144. The topological polar surface area (TPSA) is 271 Å². The van der Waals surface area contributed by atoms with Crippen molar-refractivity contribution in [2.45, 2.75) is 130 Å². The van der Waals surface area contributed by atoms with Gasteiger partial charge < -0.3 is 58.1 Å². The highest BCUT2D eigenvalue weighted by Crippen LogP contribution is 2.51.